The van der Waals surface area contributed by atoms with E-state index in [9.17, 15) is 4.79 Å². The van der Waals surface area contributed by atoms with E-state index in [1.54, 1.807) is 0 Å². The Morgan fingerprint density at radius 1 is 1.32 bits per heavy atom. The molecule has 0 saturated heterocycles. The summed E-state index contributed by atoms with van der Waals surface area (Å²) >= 11 is 0. The molecule has 7 heteroatoms. The number of carbonyl (C=O) groups is 1. The van der Waals surface area contributed by atoms with Gasteiger partial charge in [-0.3, -0.25) is 9.89 Å². The minimum atomic E-state index is -0.575. The highest BCUT2D eigenvalue weighted by Crippen LogP contribution is 2.39. The Bertz CT molecular complexity index is 753. The maximum absolute atomic E-state index is 12.8. The van der Waals surface area contributed by atoms with Crippen molar-refractivity contribution in [2.45, 2.75) is 76.2 Å². The first-order valence-electron chi connectivity index (χ1n) is 9.29. The van der Waals surface area contributed by atoms with Crippen molar-refractivity contribution < 1.29 is 9.32 Å². The molecule has 2 aliphatic carbocycles. The maximum Gasteiger partial charge on any atom is 0.272 e. The first-order valence-corrected chi connectivity index (χ1v) is 9.29. The van der Waals surface area contributed by atoms with E-state index in [1.807, 2.05) is 19.9 Å². The van der Waals surface area contributed by atoms with E-state index in [0.29, 0.717) is 23.3 Å². The molecule has 0 aliphatic heterocycles. The molecule has 134 valence electrons. The van der Waals surface area contributed by atoms with E-state index in [-0.39, 0.29) is 11.8 Å². The number of amides is 1. The molecule has 0 radical (unpaired) electrons. The molecule has 0 aromatic carbocycles. The fraction of sp³-hybridized carbons (Fsp3) is 0.667. The van der Waals surface area contributed by atoms with Gasteiger partial charge < -0.3 is 9.84 Å². The van der Waals surface area contributed by atoms with Crippen LogP contribution in [0.25, 0.3) is 0 Å². The molecule has 4 rings (SSSR count). The second-order valence-electron chi connectivity index (χ2n) is 7.69. The third-order valence-electron chi connectivity index (χ3n) is 5.27. The summed E-state index contributed by atoms with van der Waals surface area (Å²) in [5.74, 6) is 1.78. The van der Waals surface area contributed by atoms with Gasteiger partial charge in [0.1, 0.15) is 11.2 Å². The number of H-pyrrole nitrogens is 1. The molecule has 25 heavy (non-hydrogen) atoms. The van der Waals surface area contributed by atoms with Gasteiger partial charge in [-0.15, -0.1) is 0 Å². The lowest BCUT2D eigenvalue weighted by Crippen LogP contribution is -2.47. The summed E-state index contributed by atoms with van der Waals surface area (Å²) in [5.41, 5.74) is 0.923. The molecule has 2 heterocycles. The lowest BCUT2D eigenvalue weighted by atomic mass is 9.81. The van der Waals surface area contributed by atoms with Crippen molar-refractivity contribution in [3.05, 3.63) is 29.2 Å². The van der Waals surface area contributed by atoms with Gasteiger partial charge in [-0.1, -0.05) is 38.3 Å². The molecule has 2 aliphatic rings. The summed E-state index contributed by atoms with van der Waals surface area (Å²) in [6.45, 7) is 4.06. The third kappa shape index (κ3) is 3.19. The summed E-state index contributed by atoms with van der Waals surface area (Å²) in [6, 6.07) is 1.87. The third-order valence-corrected chi connectivity index (χ3v) is 5.27. The van der Waals surface area contributed by atoms with Gasteiger partial charge in [0.2, 0.25) is 0 Å². The predicted molar refractivity (Wildman–Crippen MR) is 91.2 cm³/mol. The highest BCUT2D eigenvalue weighted by Gasteiger charge is 2.41. The number of hydrogen-bond acceptors (Lipinski definition) is 5. The van der Waals surface area contributed by atoms with Crippen molar-refractivity contribution in [3.8, 4) is 0 Å². The van der Waals surface area contributed by atoms with Crippen molar-refractivity contribution in [1.29, 1.82) is 0 Å². The van der Waals surface area contributed by atoms with Gasteiger partial charge in [0.15, 0.2) is 5.82 Å². The molecule has 0 atom stereocenters. The predicted octanol–water partition coefficient (Wildman–Crippen LogP) is 3.38. The molecule has 0 unspecified atom stereocenters. The lowest BCUT2D eigenvalue weighted by molar-refractivity contribution is 0.0819. The first kappa shape index (κ1) is 16.3. The van der Waals surface area contributed by atoms with Crippen LogP contribution in [0.2, 0.25) is 0 Å². The Kier molecular flexibility index (Phi) is 4.09. The molecule has 7 nitrogen and oxygen atoms in total. The van der Waals surface area contributed by atoms with E-state index >= 15 is 0 Å². The summed E-state index contributed by atoms with van der Waals surface area (Å²) in [5, 5.41) is 14.5. The zero-order chi connectivity index (χ0) is 17.4. The molecule has 2 N–H and O–H groups in total. The zero-order valence-corrected chi connectivity index (χ0v) is 14.8. The van der Waals surface area contributed by atoms with Crippen LogP contribution in [-0.2, 0) is 5.54 Å². The zero-order valence-electron chi connectivity index (χ0n) is 14.8. The second-order valence-corrected chi connectivity index (χ2v) is 7.69. The molecule has 0 bridgehead atoms. The number of aromatic nitrogens is 4. The lowest BCUT2D eigenvalue weighted by Gasteiger charge is -2.34. The Hall–Kier alpha value is -2.18. The van der Waals surface area contributed by atoms with Crippen LogP contribution in [0.4, 0.5) is 0 Å². The number of carbonyl (C=O) groups excluding carboxylic acids is 1. The monoisotopic (exact) mass is 343 g/mol. The van der Waals surface area contributed by atoms with Gasteiger partial charge in [0.05, 0.1) is 0 Å². The molecular formula is C18H25N5O2. The van der Waals surface area contributed by atoms with E-state index in [0.717, 1.165) is 37.8 Å². The SMILES string of the molecule is CC(C)c1noc(C2(NC(=O)c3cc(C4CC4)[nH]n3)CCCCC2)n1. The van der Waals surface area contributed by atoms with E-state index in [2.05, 4.69) is 25.7 Å². The van der Waals surface area contributed by atoms with Crippen molar-refractivity contribution >= 4 is 5.91 Å². The van der Waals surface area contributed by atoms with Crippen LogP contribution in [-0.4, -0.2) is 26.2 Å². The Morgan fingerprint density at radius 3 is 2.72 bits per heavy atom. The topological polar surface area (TPSA) is 96.7 Å². The Labute approximate surface area is 147 Å². The standard InChI is InChI=1S/C18H25N5O2/c1-11(2)15-19-17(25-23-15)18(8-4-3-5-9-18)20-16(24)14-10-13(21-22-14)12-6-7-12/h10-12H,3-9H2,1-2H3,(H,20,24)(H,21,22). The van der Waals surface area contributed by atoms with Gasteiger partial charge in [-0.05, 0) is 31.7 Å². The largest absolute Gasteiger partial charge is 0.337 e. The van der Waals surface area contributed by atoms with Crippen molar-refractivity contribution in [2.75, 3.05) is 0 Å². The van der Waals surface area contributed by atoms with Crippen molar-refractivity contribution in [3.63, 3.8) is 0 Å². The number of nitrogens with zero attached hydrogens (tertiary/aromatic N) is 3. The molecule has 2 aromatic heterocycles. The number of rotatable bonds is 5. The molecule has 2 aromatic rings. The van der Waals surface area contributed by atoms with E-state index in [1.165, 1.54) is 12.8 Å². The summed E-state index contributed by atoms with van der Waals surface area (Å²) in [7, 11) is 0. The molecule has 2 fully saturated rings. The normalized spacial score (nSPS) is 20.0. The minimum Gasteiger partial charge on any atom is -0.337 e. The van der Waals surface area contributed by atoms with Crippen molar-refractivity contribution in [1.82, 2.24) is 25.7 Å². The Balaban J connectivity index is 1.58. The number of aromatic amines is 1. The molecule has 0 spiro atoms. The summed E-state index contributed by atoms with van der Waals surface area (Å²) < 4.78 is 5.55. The van der Waals surface area contributed by atoms with Crippen LogP contribution in [0.5, 0.6) is 0 Å². The van der Waals surface area contributed by atoms with Crippen LogP contribution in [0.1, 0.15) is 98.5 Å². The first-order chi connectivity index (χ1) is 12.1. The van der Waals surface area contributed by atoms with Crippen LogP contribution >= 0.6 is 0 Å². The average molecular weight is 343 g/mol. The van der Waals surface area contributed by atoms with E-state index in [4.69, 9.17) is 4.52 Å². The van der Waals surface area contributed by atoms with Gasteiger partial charge in [-0.2, -0.15) is 10.1 Å². The number of hydrogen-bond donors (Lipinski definition) is 2. The van der Waals surface area contributed by atoms with Gasteiger partial charge >= 0.3 is 0 Å². The second kappa shape index (κ2) is 6.28. The summed E-state index contributed by atoms with van der Waals surface area (Å²) in [4.78, 5) is 17.4. The van der Waals surface area contributed by atoms with Crippen molar-refractivity contribution in [2.24, 2.45) is 0 Å². The average Bonchev–Trinajstić information content (AvgIpc) is 3.14. The quantitative estimate of drug-likeness (QED) is 0.867. The Morgan fingerprint density at radius 2 is 2.08 bits per heavy atom. The van der Waals surface area contributed by atoms with E-state index < -0.39 is 5.54 Å². The maximum atomic E-state index is 12.8. The number of nitrogens with one attached hydrogen (secondary N) is 2. The molecule has 2 saturated carbocycles. The van der Waals surface area contributed by atoms with Crippen LogP contribution in [0.3, 0.4) is 0 Å². The highest BCUT2D eigenvalue weighted by molar-refractivity contribution is 5.93. The summed E-state index contributed by atoms with van der Waals surface area (Å²) in [6.07, 6.45) is 7.22. The van der Waals surface area contributed by atoms with Gasteiger partial charge in [0, 0.05) is 17.5 Å². The highest BCUT2D eigenvalue weighted by atomic mass is 16.5. The fourth-order valence-electron chi connectivity index (χ4n) is 3.55. The molecule has 1 amide bonds. The fourth-order valence-corrected chi connectivity index (χ4v) is 3.55. The van der Waals surface area contributed by atoms with Crippen LogP contribution < -0.4 is 5.32 Å². The van der Waals surface area contributed by atoms with Crippen LogP contribution in [0.15, 0.2) is 10.6 Å². The van der Waals surface area contributed by atoms with Crippen LogP contribution in [0, 0.1) is 0 Å². The van der Waals surface area contributed by atoms with Gasteiger partial charge in [0.25, 0.3) is 11.8 Å². The minimum absolute atomic E-state index is 0.172. The smallest absolute Gasteiger partial charge is 0.272 e. The van der Waals surface area contributed by atoms with Gasteiger partial charge in [-0.25, -0.2) is 0 Å². The molecular weight excluding hydrogens is 318 g/mol.